The van der Waals surface area contributed by atoms with E-state index < -0.39 is 18.1 Å². The molecule has 0 spiro atoms. The molecule has 1 aliphatic rings. The van der Waals surface area contributed by atoms with Crippen LogP contribution in [0, 0.1) is 11.3 Å². The highest BCUT2D eigenvalue weighted by Crippen LogP contribution is 2.44. The predicted octanol–water partition coefficient (Wildman–Crippen LogP) is 4.45. The number of hydrogen-bond acceptors (Lipinski definition) is 4. The van der Waals surface area contributed by atoms with Crippen molar-refractivity contribution in [3.05, 3.63) is 59.7 Å². The van der Waals surface area contributed by atoms with Gasteiger partial charge < -0.3 is 15.2 Å². The zero-order chi connectivity index (χ0) is 20.6. The van der Waals surface area contributed by atoms with Crippen LogP contribution >= 0.6 is 0 Å². The van der Waals surface area contributed by atoms with Crippen molar-refractivity contribution in [3.63, 3.8) is 0 Å². The van der Waals surface area contributed by atoms with Crippen molar-refractivity contribution < 1.29 is 19.4 Å². The highest BCUT2D eigenvalue weighted by Gasteiger charge is 2.29. The number of aliphatic carboxylic acids is 1. The summed E-state index contributed by atoms with van der Waals surface area (Å²) >= 11 is 0. The van der Waals surface area contributed by atoms with Crippen molar-refractivity contribution in [2.24, 2.45) is 0 Å². The van der Waals surface area contributed by atoms with Gasteiger partial charge in [0, 0.05) is 12.3 Å². The van der Waals surface area contributed by atoms with Gasteiger partial charge in [-0.1, -0.05) is 61.4 Å². The quantitative estimate of drug-likeness (QED) is 0.614. The molecule has 150 valence electrons. The minimum atomic E-state index is -1.08. The molecule has 6 heteroatoms. The van der Waals surface area contributed by atoms with Crippen LogP contribution < -0.4 is 5.32 Å². The van der Waals surface area contributed by atoms with Gasteiger partial charge in [-0.25, -0.2) is 9.59 Å². The maximum absolute atomic E-state index is 12.2. The maximum Gasteiger partial charge on any atom is 0.407 e. The Morgan fingerprint density at radius 2 is 1.66 bits per heavy atom. The first-order valence-corrected chi connectivity index (χ1v) is 9.83. The van der Waals surface area contributed by atoms with Gasteiger partial charge in [0.2, 0.25) is 0 Å². The van der Waals surface area contributed by atoms with E-state index in [2.05, 4.69) is 23.5 Å². The Kier molecular flexibility index (Phi) is 6.85. The molecule has 0 saturated carbocycles. The standard InChI is InChI=1S/C23H24N2O4/c24-14-8-2-1-3-13-21(22(26)27)25-23(28)29-15-20-18-11-6-4-9-16(18)17-10-5-7-12-19(17)20/h4-7,9-12,20-21H,1-3,8,13,15H2,(H,25,28)(H,26,27). The second-order valence-electron chi connectivity index (χ2n) is 7.12. The molecule has 2 aromatic rings. The van der Waals surface area contributed by atoms with Crippen molar-refractivity contribution >= 4 is 12.1 Å². The van der Waals surface area contributed by atoms with E-state index in [1.54, 1.807) is 0 Å². The molecular formula is C23H24N2O4. The number of carbonyl (C=O) groups is 2. The van der Waals surface area contributed by atoms with Crippen molar-refractivity contribution in [1.82, 2.24) is 5.32 Å². The average Bonchev–Trinajstić information content (AvgIpc) is 3.05. The van der Waals surface area contributed by atoms with Crippen LogP contribution in [0.2, 0.25) is 0 Å². The first-order valence-electron chi connectivity index (χ1n) is 9.83. The molecule has 0 radical (unpaired) electrons. The Morgan fingerprint density at radius 1 is 1.03 bits per heavy atom. The summed E-state index contributed by atoms with van der Waals surface area (Å²) in [7, 11) is 0. The number of benzene rings is 2. The molecule has 1 aliphatic carbocycles. The van der Waals surface area contributed by atoms with E-state index in [-0.39, 0.29) is 12.5 Å². The molecule has 29 heavy (non-hydrogen) atoms. The number of hydrogen-bond donors (Lipinski definition) is 2. The minimum Gasteiger partial charge on any atom is -0.480 e. The van der Waals surface area contributed by atoms with Gasteiger partial charge in [-0.05, 0) is 35.1 Å². The minimum absolute atomic E-state index is 0.0672. The van der Waals surface area contributed by atoms with Crippen LogP contribution in [0.25, 0.3) is 11.1 Å². The first-order chi connectivity index (χ1) is 14.1. The zero-order valence-electron chi connectivity index (χ0n) is 16.1. The van der Waals surface area contributed by atoms with Crippen molar-refractivity contribution in [1.29, 1.82) is 5.26 Å². The van der Waals surface area contributed by atoms with Gasteiger partial charge >= 0.3 is 12.1 Å². The summed E-state index contributed by atoms with van der Waals surface area (Å²) in [6.45, 7) is 0.147. The predicted molar refractivity (Wildman–Crippen MR) is 108 cm³/mol. The van der Waals surface area contributed by atoms with Crippen LogP contribution in [0.15, 0.2) is 48.5 Å². The highest BCUT2D eigenvalue weighted by atomic mass is 16.5. The molecule has 3 rings (SSSR count). The summed E-state index contributed by atoms with van der Waals surface area (Å²) < 4.78 is 5.41. The lowest BCUT2D eigenvalue weighted by atomic mass is 9.98. The number of amides is 1. The number of fused-ring (bicyclic) bond motifs is 3. The number of carboxylic acids is 1. The van der Waals surface area contributed by atoms with Gasteiger partial charge in [-0.15, -0.1) is 0 Å². The lowest BCUT2D eigenvalue weighted by molar-refractivity contribution is -0.139. The summed E-state index contributed by atoms with van der Waals surface area (Å²) in [6.07, 6.45) is 2.15. The maximum atomic E-state index is 12.2. The molecule has 2 aromatic carbocycles. The Bertz CT molecular complexity index is 874. The number of rotatable bonds is 9. The van der Waals surface area contributed by atoms with Gasteiger partial charge in [0.25, 0.3) is 0 Å². The number of nitriles is 1. The van der Waals surface area contributed by atoms with Crippen LogP contribution in [0.4, 0.5) is 4.79 Å². The summed E-state index contributed by atoms with van der Waals surface area (Å²) in [4.78, 5) is 23.7. The first kappa shape index (κ1) is 20.4. The average molecular weight is 392 g/mol. The number of unbranched alkanes of at least 4 members (excludes halogenated alkanes) is 3. The Morgan fingerprint density at radius 3 is 2.24 bits per heavy atom. The third kappa shape index (κ3) is 4.94. The smallest absolute Gasteiger partial charge is 0.407 e. The van der Waals surface area contributed by atoms with Gasteiger partial charge in [0.1, 0.15) is 12.6 Å². The van der Waals surface area contributed by atoms with Crippen LogP contribution in [0.1, 0.15) is 49.1 Å². The molecule has 6 nitrogen and oxygen atoms in total. The third-order valence-corrected chi connectivity index (χ3v) is 5.22. The largest absolute Gasteiger partial charge is 0.480 e. The van der Waals surface area contributed by atoms with Gasteiger partial charge in [0.05, 0.1) is 6.07 Å². The number of carbonyl (C=O) groups excluding carboxylic acids is 1. The molecular weight excluding hydrogens is 368 g/mol. The van der Waals surface area contributed by atoms with E-state index >= 15 is 0 Å². The second-order valence-corrected chi connectivity index (χ2v) is 7.12. The summed E-state index contributed by atoms with van der Waals surface area (Å²) in [6, 6.07) is 17.1. The number of carboxylic acid groups (broad SMARTS) is 1. The fourth-order valence-electron chi connectivity index (χ4n) is 3.77. The fraction of sp³-hybridized carbons (Fsp3) is 0.348. The summed E-state index contributed by atoms with van der Waals surface area (Å²) in [5.74, 6) is -1.15. The molecule has 1 amide bonds. The monoisotopic (exact) mass is 392 g/mol. The lowest BCUT2D eigenvalue weighted by Crippen LogP contribution is -2.41. The van der Waals surface area contributed by atoms with Crippen molar-refractivity contribution in [3.8, 4) is 17.2 Å². The SMILES string of the molecule is N#CCCCCCC(NC(=O)OCC1c2ccccc2-c2ccccc21)C(=O)O. The molecule has 0 fully saturated rings. The van der Waals surface area contributed by atoms with E-state index in [1.807, 2.05) is 36.4 Å². The number of nitrogens with one attached hydrogen (secondary N) is 1. The Labute approximate surface area is 170 Å². The van der Waals surface area contributed by atoms with Crippen LogP contribution in [0.3, 0.4) is 0 Å². The summed E-state index contributed by atoms with van der Waals surface area (Å²) in [5.41, 5.74) is 4.48. The van der Waals surface area contributed by atoms with Crippen molar-refractivity contribution in [2.75, 3.05) is 6.61 Å². The van der Waals surface area contributed by atoms with E-state index in [4.69, 9.17) is 10.00 Å². The summed E-state index contributed by atoms with van der Waals surface area (Å²) in [5, 5.41) is 20.3. The molecule has 1 unspecified atom stereocenters. The molecule has 0 heterocycles. The normalized spacial score (nSPS) is 13.1. The highest BCUT2D eigenvalue weighted by molar-refractivity contribution is 5.81. The van der Waals surface area contributed by atoms with Crippen LogP contribution in [0.5, 0.6) is 0 Å². The zero-order valence-corrected chi connectivity index (χ0v) is 16.1. The van der Waals surface area contributed by atoms with Crippen LogP contribution in [-0.4, -0.2) is 29.8 Å². The van der Waals surface area contributed by atoms with Gasteiger partial charge in [-0.3, -0.25) is 0 Å². The molecule has 2 N–H and O–H groups in total. The topological polar surface area (TPSA) is 99.4 Å². The van der Waals surface area contributed by atoms with Crippen LogP contribution in [-0.2, 0) is 9.53 Å². The van der Waals surface area contributed by atoms with Gasteiger partial charge in [-0.2, -0.15) is 5.26 Å². The van der Waals surface area contributed by atoms with E-state index in [0.717, 1.165) is 35.1 Å². The molecule has 0 aliphatic heterocycles. The number of ether oxygens (including phenoxy) is 1. The lowest BCUT2D eigenvalue weighted by Gasteiger charge is -2.17. The Hall–Kier alpha value is -3.33. The molecule has 0 bridgehead atoms. The Balaban J connectivity index is 1.57. The van der Waals surface area contributed by atoms with Crippen molar-refractivity contribution in [2.45, 2.75) is 44.1 Å². The molecule has 0 saturated heterocycles. The van der Waals surface area contributed by atoms with E-state index in [9.17, 15) is 14.7 Å². The van der Waals surface area contributed by atoms with E-state index in [0.29, 0.717) is 19.3 Å². The molecule has 1 atom stereocenters. The molecule has 0 aromatic heterocycles. The number of nitrogens with zero attached hydrogens (tertiary/aromatic N) is 1. The fourth-order valence-corrected chi connectivity index (χ4v) is 3.77. The second kappa shape index (κ2) is 9.74. The van der Waals surface area contributed by atoms with Gasteiger partial charge in [0.15, 0.2) is 0 Å². The van der Waals surface area contributed by atoms with E-state index in [1.165, 1.54) is 0 Å². The third-order valence-electron chi connectivity index (χ3n) is 5.22. The number of alkyl carbamates (subject to hydrolysis) is 1.